The molecule has 0 aromatic heterocycles. The normalized spacial score (nSPS) is 11.0. The summed E-state index contributed by atoms with van der Waals surface area (Å²) in [6, 6.07) is 6.41. The predicted octanol–water partition coefficient (Wildman–Crippen LogP) is 7.11. The van der Waals surface area contributed by atoms with E-state index in [9.17, 15) is 15.0 Å². The summed E-state index contributed by atoms with van der Waals surface area (Å²) >= 11 is 0. The van der Waals surface area contributed by atoms with E-state index in [1.165, 1.54) is 17.2 Å². The van der Waals surface area contributed by atoms with Gasteiger partial charge in [-0.3, -0.25) is 4.79 Å². The molecule has 194 valence electrons. The highest BCUT2D eigenvalue weighted by atomic mass is 16.5. The molecule has 0 atom stereocenters. The van der Waals surface area contributed by atoms with Crippen molar-refractivity contribution in [1.29, 1.82) is 0 Å². The zero-order chi connectivity index (χ0) is 26.8. The van der Waals surface area contributed by atoms with E-state index in [4.69, 9.17) is 9.47 Å². The molecule has 0 aliphatic heterocycles. The van der Waals surface area contributed by atoms with Crippen molar-refractivity contribution in [1.82, 2.24) is 0 Å². The molecular formula is C30H39NO5. The van der Waals surface area contributed by atoms with Gasteiger partial charge in [-0.2, -0.15) is 0 Å². The van der Waals surface area contributed by atoms with Crippen molar-refractivity contribution in [2.45, 2.75) is 60.3 Å². The molecule has 0 radical (unpaired) electrons. The number of aromatic hydroxyl groups is 2. The summed E-state index contributed by atoms with van der Waals surface area (Å²) in [6.07, 6.45) is 9.04. The highest BCUT2D eigenvalue weighted by molar-refractivity contribution is 6.06. The average molecular weight is 494 g/mol. The maximum atomic E-state index is 13.5. The van der Waals surface area contributed by atoms with Crippen LogP contribution in [0.5, 0.6) is 23.0 Å². The van der Waals surface area contributed by atoms with Crippen LogP contribution >= 0.6 is 0 Å². The van der Waals surface area contributed by atoms with Gasteiger partial charge in [0, 0.05) is 22.9 Å². The fourth-order valence-corrected chi connectivity index (χ4v) is 3.74. The number of amides is 1. The monoisotopic (exact) mass is 493 g/mol. The van der Waals surface area contributed by atoms with Crippen LogP contribution in [0.15, 0.2) is 59.2 Å². The van der Waals surface area contributed by atoms with Crippen molar-refractivity contribution < 1.29 is 24.5 Å². The van der Waals surface area contributed by atoms with Gasteiger partial charge in [0.15, 0.2) is 11.5 Å². The number of hydrogen-bond donors (Lipinski definition) is 3. The minimum atomic E-state index is -0.360. The van der Waals surface area contributed by atoms with Crippen LogP contribution in [0.3, 0.4) is 0 Å². The number of phenols is 2. The second-order valence-electron chi connectivity index (χ2n) is 9.33. The third-order valence-corrected chi connectivity index (χ3v) is 5.85. The summed E-state index contributed by atoms with van der Waals surface area (Å²) in [7, 11) is 3.11. The van der Waals surface area contributed by atoms with Crippen molar-refractivity contribution in [3.63, 3.8) is 0 Å². The first-order valence-electron chi connectivity index (χ1n) is 12.1. The minimum absolute atomic E-state index is 0.234. The first kappa shape index (κ1) is 28.6. The lowest BCUT2D eigenvalue weighted by molar-refractivity contribution is 0.102. The van der Waals surface area contributed by atoms with Gasteiger partial charge in [0.25, 0.3) is 5.91 Å². The van der Waals surface area contributed by atoms with Gasteiger partial charge in [0.05, 0.1) is 19.8 Å². The molecule has 6 heteroatoms. The molecule has 0 heterocycles. The molecule has 2 rings (SSSR count). The Morgan fingerprint density at radius 3 is 2.17 bits per heavy atom. The van der Waals surface area contributed by atoms with E-state index >= 15 is 0 Å². The zero-order valence-electron chi connectivity index (χ0n) is 22.5. The molecule has 3 N–H and O–H groups in total. The Labute approximate surface area is 215 Å². The quantitative estimate of drug-likeness (QED) is 0.176. The lowest BCUT2D eigenvalue weighted by Gasteiger charge is -2.17. The molecule has 0 spiro atoms. The Bertz CT molecular complexity index is 1170. The fraction of sp³-hybridized carbons (Fsp3) is 0.367. The number of nitrogens with one attached hydrogen (secondary N) is 1. The molecule has 0 saturated heterocycles. The number of methoxy groups -OCH3 is 2. The van der Waals surface area contributed by atoms with E-state index in [2.05, 4.69) is 38.2 Å². The molecule has 0 saturated carbocycles. The van der Waals surface area contributed by atoms with Crippen LogP contribution in [0.25, 0.3) is 0 Å². The number of hydrogen-bond acceptors (Lipinski definition) is 5. The molecule has 0 bridgehead atoms. The topological polar surface area (TPSA) is 88.0 Å². The molecule has 1 amide bonds. The van der Waals surface area contributed by atoms with Crippen molar-refractivity contribution >= 4 is 11.6 Å². The summed E-state index contributed by atoms with van der Waals surface area (Å²) in [5, 5.41) is 23.4. The number of phenolic OH excluding ortho intramolecular Hbond substituents is 2. The smallest absolute Gasteiger partial charge is 0.256 e. The number of rotatable bonds is 11. The van der Waals surface area contributed by atoms with E-state index in [0.717, 1.165) is 24.0 Å². The van der Waals surface area contributed by atoms with E-state index in [0.29, 0.717) is 41.2 Å². The van der Waals surface area contributed by atoms with Crippen LogP contribution in [-0.2, 0) is 12.8 Å². The Morgan fingerprint density at radius 2 is 1.56 bits per heavy atom. The third-order valence-electron chi connectivity index (χ3n) is 5.85. The first-order chi connectivity index (χ1) is 17.1. The number of anilines is 1. The van der Waals surface area contributed by atoms with Gasteiger partial charge in [0.1, 0.15) is 11.5 Å². The number of carbonyl (C=O) groups excluding carboxylic acids is 1. The summed E-state index contributed by atoms with van der Waals surface area (Å²) in [4.78, 5) is 13.5. The summed E-state index contributed by atoms with van der Waals surface area (Å²) in [5.74, 6) is 0.224. The third kappa shape index (κ3) is 7.94. The van der Waals surface area contributed by atoms with Crippen LogP contribution < -0.4 is 14.8 Å². The van der Waals surface area contributed by atoms with Gasteiger partial charge in [0.2, 0.25) is 0 Å². The molecule has 0 fully saturated rings. The molecule has 0 unspecified atom stereocenters. The largest absolute Gasteiger partial charge is 0.504 e. The van der Waals surface area contributed by atoms with Crippen LogP contribution in [0, 0.1) is 0 Å². The van der Waals surface area contributed by atoms with Crippen molar-refractivity contribution in [3.05, 3.63) is 75.9 Å². The highest BCUT2D eigenvalue weighted by Crippen LogP contribution is 2.36. The molecule has 0 aliphatic rings. The molecule has 6 nitrogen and oxygen atoms in total. The zero-order valence-corrected chi connectivity index (χ0v) is 22.5. The average Bonchev–Trinajstić information content (AvgIpc) is 2.83. The molecule has 2 aromatic rings. The Morgan fingerprint density at radius 1 is 0.889 bits per heavy atom. The summed E-state index contributed by atoms with van der Waals surface area (Å²) in [6.45, 7) is 10.2. The van der Waals surface area contributed by atoms with Gasteiger partial charge in [-0.25, -0.2) is 0 Å². The molecule has 36 heavy (non-hydrogen) atoms. The van der Waals surface area contributed by atoms with Crippen molar-refractivity contribution in [2.75, 3.05) is 19.5 Å². The Hall–Kier alpha value is -3.67. The highest BCUT2D eigenvalue weighted by Gasteiger charge is 2.20. The van der Waals surface area contributed by atoms with Crippen LogP contribution in [0.2, 0.25) is 0 Å². The summed E-state index contributed by atoms with van der Waals surface area (Å²) < 4.78 is 11.0. The number of carbonyl (C=O) groups is 1. The van der Waals surface area contributed by atoms with Crippen molar-refractivity contribution in [3.8, 4) is 23.0 Å². The molecular weight excluding hydrogens is 454 g/mol. The standard InChI is InChI=1S/C30H39NO5/c1-19(2)9-8-10-21(5)12-14-23-25(17-22(35-6)18-28(23)36-7)30(34)31-26-15-16-27(32)29(33)24(26)13-11-20(3)4/h9,11-12,15-18,32-33H,8,10,13-14H2,1-7H3,(H,31,34)/b21-12+. The van der Waals surface area contributed by atoms with Crippen LogP contribution in [0.4, 0.5) is 5.69 Å². The maximum absolute atomic E-state index is 13.5. The van der Waals surface area contributed by atoms with E-state index in [1.54, 1.807) is 32.4 Å². The maximum Gasteiger partial charge on any atom is 0.256 e. The molecule has 0 aliphatic carbocycles. The van der Waals surface area contributed by atoms with Gasteiger partial charge in [-0.1, -0.05) is 34.9 Å². The van der Waals surface area contributed by atoms with Gasteiger partial charge < -0.3 is 25.0 Å². The summed E-state index contributed by atoms with van der Waals surface area (Å²) in [5.41, 5.74) is 5.60. The van der Waals surface area contributed by atoms with Gasteiger partial charge in [-0.05, 0) is 78.5 Å². The van der Waals surface area contributed by atoms with E-state index in [1.807, 2.05) is 19.9 Å². The predicted molar refractivity (Wildman–Crippen MR) is 147 cm³/mol. The van der Waals surface area contributed by atoms with E-state index < -0.39 is 0 Å². The lowest BCUT2D eigenvalue weighted by Crippen LogP contribution is -2.16. The Kier molecular flexibility index (Phi) is 10.7. The van der Waals surface area contributed by atoms with Crippen LogP contribution in [0.1, 0.15) is 68.9 Å². The SMILES string of the molecule is COc1cc(OC)c(C/C=C(\C)CCC=C(C)C)c(C(=O)Nc2ccc(O)c(O)c2CC=C(C)C)c1. The van der Waals surface area contributed by atoms with Gasteiger partial charge in [-0.15, -0.1) is 0 Å². The lowest BCUT2D eigenvalue weighted by atomic mass is 9.99. The second-order valence-corrected chi connectivity index (χ2v) is 9.33. The van der Waals surface area contributed by atoms with E-state index in [-0.39, 0.29) is 17.4 Å². The second kappa shape index (κ2) is 13.4. The first-order valence-corrected chi connectivity index (χ1v) is 12.1. The minimum Gasteiger partial charge on any atom is -0.504 e. The Balaban J connectivity index is 2.46. The van der Waals surface area contributed by atoms with Gasteiger partial charge >= 0.3 is 0 Å². The molecule has 2 aromatic carbocycles. The number of ether oxygens (including phenoxy) is 2. The van der Waals surface area contributed by atoms with Crippen molar-refractivity contribution in [2.24, 2.45) is 0 Å². The number of benzene rings is 2. The fourth-order valence-electron chi connectivity index (χ4n) is 3.74. The van der Waals surface area contributed by atoms with Crippen LogP contribution in [-0.4, -0.2) is 30.3 Å². The number of allylic oxidation sites excluding steroid dienone is 6.